The van der Waals surface area contributed by atoms with Gasteiger partial charge in [0.05, 0.1) is 12.8 Å². The van der Waals surface area contributed by atoms with Crippen LogP contribution in [0.5, 0.6) is 5.75 Å². The van der Waals surface area contributed by atoms with Crippen molar-refractivity contribution in [2.24, 2.45) is 0 Å². The number of benzene rings is 2. The molecule has 4 heteroatoms. The molecule has 23 heavy (non-hydrogen) atoms. The van der Waals surface area contributed by atoms with E-state index in [4.69, 9.17) is 4.74 Å². The van der Waals surface area contributed by atoms with Crippen molar-refractivity contribution in [3.8, 4) is 5.75 Å². The largest absolute Gasteiger partial charge is 0.497 e. The molecule has 2 aromatic rings. The van der Waals surface area contributed by atoms with Gasteiger partial charge in [0.15, 0.2) is 0 Å². The highest BCUT2D eigenvalue weighted by Crippen LogP contribution is 2.38. The number of ether oxygens (including phenoxy) is 1. The van der Waals surface area contributed by atoms with Crippen LogP contribution in [-0.4, -0.2) is 18.3 Å². The van der Waals surface area contributed by atoms with E-state index >= 15 is 0 Å². The van der Waals surface area contributed by atoms with E-state index in [1.54, 1.807) is 19.2 Å². The minimum Gasteiger partial charge on any atom is -0.497 e. The normalized spacial score (nSPS) is 14.7. The Morgan fingerprint density at radius 3 is 2.70 bits per heavy atom. The summed E-state index contributed by atoms with van der Waals surface area (Å²) in [6.45, 7) is 0. The minimum atomic E-state index is -0.108. The van der Waals surface area contributed by atoms with Crippen molar-refractivity contribution in [1.82, 2.24) is 0 Å². The van der Waals surface area contributed by atoms with Gasteiger partial charge >= 0.3 is 0 Å². The number of carbonyl (C=O) groups is 1. The minimum absolute atomic E-state index is 0.108. The first-order valence-corrected chi connectivity index (χ1v) is 8.85. The Morgan fingerprint density at radius 2 is 1.91 bits per heavy atom. The Bertz CT molecular complexity index is 681. The van der Waals surface area contributed by atoms with Gasteiger partial charge in [0.2, 0.25) is 0 Å². The fourth-order valence-corrected chi connectivity index (χ4v) is 4.15. The Balaban J connectivity index is 1.75. The third kappa shape index (κ3) is 4.08. The summed E-state index contributed by atoms with van der Waals surface area (Å²) in [5, 5.41) is 3.71. The molecule has 0 aliphatic heterocycles. The Labute approximate surface area is 141 Å². The number of para-hydroxylation sites is 1. The van der Waals surface area contributed by atoms with Crippen LogP contribution in [0.1, 0.15) is 36.0 Å². The highest BCUT2D eigenvalue weighted by Gasteiger charge is 2.18. The fraction of sp³-hybridized carbons (Fsp3) is 0.316. The standard InChI is InChI=1S/C19H21NO2S/c1-22-15-8-6-7-14(13-15)19(21)20-17-11-4-5-12-18(17)23-16-9-2-3-10-16/h4-8,11-13,16H,2-3,9-10H2,1H3,(H,20,21). The Kier molecular flexibility index (Phi) is 5.23. The zero-order valence-electron chi connectivity index (χ0n) is 13.2. The lowest BCUT2D eigenvalue weighted by Gasteiger charge is -2.14. The lowest BCUT2D eigenvalue weighted by molar-refractivity contribution is 0.102. The zero-order valence-corrected chi connectivity index (χ0v) is 14.1. The number of anilines is 1. The summed E-state index contributed by atoms with van der Waals surface area (Å²) in [4.78, 5) is 13.6. The quantitative estimate of drug-likeness (QED) is 0.841. The summed E-state index contributed by atoms with van der Waals surface area (Å²) in [6, 6.07) is 15.2. The zero-order chi connectivity index (χ0) is 16.1. The summed E-state index contributed by atoms with van der Waals surface area (Å²) in [7, 11) is 1.60. The maximum absolute atomic E-state index is 12.5. The highest BCUT2D eigenvalue weighted by atomic mass is 32.2. The SMILES string of the molecule is COc1cccc(C(=O)Nc2ccccc2SC2CCCC2)c1. The monoisotopic (exact) mass is 327 g/mol. The van der Waals surface area contributed by atoms with E-state index < -0.39 is 0 Å². The molecule has 0 aromatic heterocycles. The summed E-state index contributed by atoms with van der Waals surface area (Å²) in [6.07, 6.45) is 5.16. The number of nitrogens with one attached hydrogen (secondary N) is 1. The second kappa shape index (κ2) is 7.55. The van der Waals surface area contributed by atoms with E-state index in [0.717, 1.165) is 10.6 Å². The van der Waals surface area contributed by atoms with Crippen molar-refractivity contribution >= 4 is 23.4 Å². The van der Waals surface area contributed by atoms with Crippen LogP contribution in [0.25, 0.3) is 0 Å². The van der Waals surface area contributed by atoms with Crippen LogP contribution >= 0.6 is 11.8 Å². The first-order valence-electron chi connectivity index (χ1n) is 7.97. The van der Waals surface area contributed by atoms with Crippen molar-refractivity contribution in [3.05, 3.63) is 54.1 Å². The second-order valence-electron chi connectivity index (χ2n) is 5.71. The number of methoxy groups -OCH3 is 1. The average molecular weight is 327 g/mol. The average Bonchev–Trinajstić information content (AvgIpc) is 3.09. The third-order valence-electron chi connectivity index (χ3n) is 4.06. The topological polar surface area (TPSA) is 38.3 Å². The Morgan fingerprint density at radius 1 is 1.13 bits per heavy atom. The molecule has 1 fully saturated rings. The van der Waals surface area contributed by atoms with E-state index in [0.29, 0.717) is 16.6 Å². The van der Waals surface area contributed by atoms with Crippen molar-refractivity contribution in [2.75, 3.05) is 12.4 Å². The van der Waals surface area contributed by atoms with Crippen molar-refractivity contribution < 1.29 is 9.53 Å². The van der Waals surface area contributed by atoms with E-state index in [1.165, 1.54) is 25.7 Å². The van der Waals surface area contributed by atoms with E-state index in [-0.39, 0.29) is 5.91 Å². The van der Waals surface area contributed by atoms with Gasteiger partial charge in [-0.1, -0.05) is 31.0 Å². The number of amides is 1. The van der Waals surface area contributed by atoms with E-state index in [1.807, 2.05) is 42.1 Å². The van der Waals surface area contributed by atoms with Gasteiger partial charge in [0, 0.05) is 15.7 Å². The molecule has 120 valence electrons. The van der Waals surface area contributed by atoms with E-state index in [9.17, 15) is 4.79 Å². The maximum atomic E-state index is 12.5. The molecule has 1 aliphatic rings. The second-order valence-corrected chi connectivity index (χ2v) is 7.05. The summed E-state index contributed by atoms with van der Waals surface area (Å²) in [5.41, 5.74) is 1.49. The first kappa shape index (κ1) is 15.9. The Hall–Kier alpha value is -1.94. The van der Waals surface area contributed by atoms with Gasteiger partial charge in [-0.2, -0.15) is 0 Å². The lowest BCUT2D eigenvalue weighted by Crippen LogP contribution is -2.12. The predicted octanol–water partition coefficient (Wildman–Crippen LogP) is 4.98. The smallest absolute Gasteiger partial charge is 0.255 e. The van der Waals surface area contributed by atoms with Gasteiger partial charge in [0.25, 0.3) is 5.91 Å². The van der Waals surface area contributed by atoms with Crippen LogP contribution in [0.15, 0.2) is 53.4 Å². The molecule has 0 atom stereocenters. The van der Waals surface area contributed by atoms with Crippen LogP contribution in [0.3, 0.4) is 0 Å². The number of carbonyl (C=O) groups excluding carboxylic acids is 1. The molecule has 2 aromatic carbocycles. The predicted molar refractivity (Wildman–Crippen MR) is 95.5 cm³/mol. The lowest BCUT2D eigenvalue weighted by atomic mass is 10.2. The van der Waals surface area contributed by atoms with Gasteiger partial charge < -0.3 is 10.1 Å². The molecule has 0 saturated heterocycles. The summed E-state index contributed by atoms with van der Waals surface area (Å²) in [5.74, 6) is 0.578. The first-order chi connectivity index (χ1) is 11.3. The highest BCUT2D eigenvalue weighted by molar-refractivity contribution is 8.00. The molecule has 0 unspecified atom stereocenters. The molecule has 3 nitrogen and oxygen atoms in total. The van der Waals surface area contributed by atoms with Gasteiger partial charge in [-0.15, -0.1) is 11.8 Å². The molecule has 1 aliphatic carbocycles. The number of thioether (sulfide) groups is 1. The van der Waals surface area contributed by atoms with Crippen LogP contribution in [0.4, 0.5) is 5.69 Å². The molecule has 1 N–H and O–H groups in total. The van der Waals surface area contributed by atoms with E-state index in [2.05, 4.69) is 11.4 Å². The third-order valence-corrected chi connectivity index (χ3v) is 5.48. The summed E-state index contributed by atoms with van der Waals surface area (Å²) < 4.78 is 5.18. The van der Waals surface area contributed by atoms with Gasteiger partial charge in [0.1, 0.15) is 5.75 Å². The molecule has 0 spiro atoms. The van der Waals surface area contributed by atoms with Crippen LogP contribution in [0, 0.1) is 0 Å². The molecular weight excluding hydrogens is 306 g/mol. The number of hydrogen-bond acceptors (Lipinski definition) is 3. The molecule has 1 amide bonds. The van der Waals surface area contributed by atoms with Gasteiger partial charge in [-0.3, -0.25) is 4.79 Å². The number of hydrogen-bond donors (Lipinski definition) is 1. The molecule has 3 rings (SSSR count). The molecule has 0 heterocycles. The maximum Gasteiger partial charge on any atom is 0.255 e. The molecular formula is C19H21NO2S. The van der Waals surface area contributed by atoms with Gasteiger partial charge in [-0.25, -0.2) is 0 Å². The van der Waals surface area contributed by atoms with Crippen LogP contribution < -0.4 is 10.1 Å². The van der Waals surface area contributed by atoms with Crippen molar-refractivity contribution in [2.45, 2.75) is 35.8 Å². The van der Waals surface area contributed by atoms with Crippen molar-refractivity contribution in [1.29, 1.82) is 0 Å². The fourth-order valence-electron chi connectivity index (χ4n) is 2.82. The summed E-state index contributed by atoms with van der Waals surface area (Å²) >= 11 is 1.88. The molecule has 1 saturated carbocycles. The van der Waals surface area contributed by atoms with Crippen molar-refractivity contribution in [3.63, 3.8) is 0 Å². The number of rotatable bonds is 5. The van der Waals surface area contributed by atoms with Gasteiger partial charge in [-0.05, 0) is 43.2 Å². The van der Waals surface area contributed by atoms with Crippen LogP contribution in [0.2, 0.25) is 0 Å². The molecule has 0 bridgehead atoms. The molecule has 0 radical (unpaired) electrons. The van der Waals surface area contributed by atoms with Crippen LogP contribution in [-0.2, 0) is 0 Å².